The first-order chi connectivity index (χ1) is 11.8. The summed E-state index contributed by atoms with van der Waals surface area (Å²) in [6.07, 6.45) is 7.12. The van der Waals surface area contributed by atoms with E-state index in [0.29, 0.717) is 12.2 Å². The van der Waals surface area contributed by atoms with Crippen molar-refractivity contribution in [3.05, 3.63) is 48.0 Å². The molecule has 0 aliphatic rings. The van der Waals surface area contributed by atoms with E-state index >= 15 is 0 Å². The van der Waals surface area contributed by atoms with Gasteiger partial charge < -0.3 is 9.88 Å². The summed E-state index contributed by atoms with van der Waals surface area (Å²) in [7, 11) is -3.55. The molecule has 1 heterocycles. The molecule has 2 aromatic rings. The molecule has 1 amide bonds. The maximum atomic E-state index is 12.2. The number of nitrogens with zero attached hydrogens (tertiary/aromatic N) is 3. The van der Waals surface area contributed by atoms with Crippen LogP contribution in [0.15, 0.2) is 36.9 Å². The van der Waals surface area contributed by atoms with E-state index < -0.39 is 10.0 Å². The van der Waals surface area contributed by atoms with Gasteiger partial charge in [0.25, 0.3) is 0 Å². The van der Waals surface area contributed by atoms with Crippen LogP contribution in [0.2, 0.25) is 0 Å². The van der Waals surface area contributed by atoms with E-state index in [-0.39, 0.29) is 12.5 Å². The second kappa shape index (κ2) is 8.15. The third kappa shape index (κ3) is 5.90. The van der Waals surface area contributed by atoms with Crippen molar-refractivity contribution in [2.75, 3.05) is 23.7 Å². The Kier molecular flexibility index (Phi) is 6.19. The number of hydrogen-bond acceptors (Lipinski definition) is 4. The second-order valence-electron chi connectivity index (χ2n) is 6.12. The summed E-state index contributed by atoms with van der Waals surface area (Å²) < 4.78 is 27.3. The van der Waals surface area contributed by atoms with Crippen LogP contribution in [-0.4, -0.2) is 43.2 Å². The summed E-state index contributed by atoms with van der Waals surface area (Å²) in [4.78, 5) is 16.1. The smallest absolute Gasteiger partial charge is 0.240 e. The van der Waals surface area contributed by atoms with Gasteiger partial charge in [0.05, 0.1) is 18.3 Å². The van der Waals surface area contributed by atoms with Crippen LogP contribution in [0.1, 0.15) is 17.5 Å². The number of sulfonamides is 1. The normalized spacial score (nSPS) is 11.3. The van der Waals surface area contributed by atoms with Crippen LogP contribution in [0, 0.1) is 13.8 Å². The summed E-state index contributed by atoms with van der Waals surface area (Å²) in [6, 6.07) is 5.49. The zero-order valence-electron chi connectivity index (χ0n) is 14.8. The fourth-order valence-corrected chi connectivity index (χ4v) is 3.43. The van der Waals surface area contributed by atoms with Crippen LogP contribution in [0.3, 0.4) is 0 Å². The van der Waals surface area contributed by atoms with Gasteiger partial charge in [0, 0.05) is 25.5 Å². The lowest BCUT2D eigenvalue weighted by Crippen LogP contribution is -2.40. The zero-order valence-corrected chi connectivity index (χ0v) is 15.6. The van der Waals surface area contributed by atoms with E-state index in [1.54, 1.807) is 24.7 Å². The Morgan fingerprint density at radius 3 is 2.48 bits per heavy atom. The van der Waals surface area contributed by atoms with Crippen LogP contribution >= 0.6 is 0 Å². The Hall–Kier alpha value is -2.35. The molecule has 0 spiro atoms. The van der Waals surface area contributed by atoms with Crippen molar-refractivity contribution < 1.29 is 13.2 Å². The van der Waals surface area contributed by atoms with Crippen molar-refractivity contribution in [2.45, 2.75) is 26.8 Å². The molecule has 1 aromatic heterocycles. The fourth-order valence-electron chi connectivity index (χ4n) is 2.59. The van der Waals surface area contributed by atoms with Gasteiger partial charge in [0.1, 0.15) is 6.54 Å². The molecule has 8 heteroatoms. The molecule has 0 aliphatic heterocycles. The van der Waals surface area contributed by atoms with Crippen molar-refractivity contribution in [3.8, 4) is 0 Å². The summed E-state index contributed by atoms with van der Waals surface area (Å²) in [5.74, 6) is -0.324. The van der Waals surface area contributed by atoms with Crippen LogP contribution in [0.25, 0.3) is 0 Å². The molecule has 0 bridgehead atoms. The standard InChI is InChI=1S/C17H24N4O3S/c1-14-9-15(2)11-16(10-14)21(25(3,23)24)12-17(22)19-5-4-7-20-8-6-18-13-20/h6,8-11,13H,4-5,7,12H2,1-3H3,(H,19,22). The Morgan fingerprint density at radius 1 is 1.24 bits per heavy atom. The molecule has 0 saturated heterocycles. The maximum Gasteiger partial charge on any atom is 0.240 e. The Labute approximate surface area is 148 Å². The number of carbonyl (C=O) groups is 1. The first kappa shape index (κ1) is 19.0. The van der Waals surface area contributed by atoms with Gasteiger partial charge in [0.15, 0.2) is 0 Å². The predicted molar refractivity (Wildman–Crippen MR) is 98.0 cm³/mol. The van der Waals surface area contributed by atoms with Gasteiger partial charge in [-0.1, -0.05) is 6.07 Å². The molecular weight excluding hydrogens is 340 g/mol. The van der Waals surface area contributed by atoms with Crippen molar-refractivity contribution in [1.82, 2.24) is 14.9 Å². The Bertz CT molecular complexity index is 796. The SMILES string of the molecule is Cc1cc(C)cc(N(CC(=O)NCCCn2ccnc2)S(C)(=O)=O)c1. The number of nitrogens with one attached hydrogen (secondary N) is 1. The van der Waals surface area contributed by atoms with Crippen molar-refractivity contribution in [1.29, 1.82) is 0 Å². The Balaban J connectivity index is 1.96. The largest absolute Gasteiger partial charge is 0.354 e. The number of carbonyl (C=O) groups excluding carboxylic acids is 1. The minimum absolute atomic E-state index is 0.229. The molecule has 0 saturated carbocycles. The lowest BCUT2D eigenvalue weighted by Gasteiger charge is -2.22. The average Bonchev–Trinajstić information content (AvgIpc) is 3.00. The van der Waals surface area contributed by atoms with E-state index in [9.17, 15) is 13.2 Å². The van der Waals surface area contributed by atoms with Gasteiger partial charge in [-0.25, -0.2) is 13.4 Å². The molecule has 0 aliphatic carbocycles. The Morgan fingerprint density at radius 2 is 1.92 bits per heavy atom. The van der Waals surface area contributed by atoms with Crippen molar-refractivity contribution in [3.63, 3.8) is 0 Å². The molecule has 1 aromatic carbocycles. The van der Waals surface area contributed by atoms with Crippen LogP contribution in [0.5, 0.6) is 0 Å². The number of hydrogen-bond donors (Lipinski definition) is 1. The van der Waals surface area contributed by atoms with Gasteiger partial charge in [-0.2, -0.15) is 0 Å². The number of aromatic nitrogens is 2. The number of rotatable bonds is 8. The van der Waals surface area contributed by atoms with E-state index in [1.165, 1.54) is 0 Å². The highest BCUT2D eigenvalue weighted by molar-refractivity contribution is 7.92. The summed E-state index contributed by atoms with van der Waals surface area (Å²) >= 11 is 0. The number of benzene rings is 1. The lowest BCUT2D eigenvalue weighted by molar-refractivity contribution is -0.119. The molecular formula is C17H24N4O3S. The van der Waals surface area contributed by atoms with E-state index in [1.807, 2.05) is 30.7 Å². The molecule has 0 radical (unpaired) electrons. The summed E-state index contributed by atoms with van der Waals surface area (Å²) in [5.41, 5.74) is 2.40. The van der Waals surface area contributed by atoms with Crippen LogP contribution < -0.4 is 9.62 Å². The van der Waals surface area contributed by atoms with Gasteiger partial charge >= 0.3 is 0 Å². The third-order valence-electron chi connectivity index (χ3n) is 3.66. The predicted octanol–water partition coefficient (Wildman–Crippen LogP) is 1.47. The van der Waals surface area contributed by atoms with Crippen LogP contribution in [0.4, 0.5) is 5.69 Å². The van der Waals surface area contributed by atoms with Crippen molar-refractivity contribution >= 4 is 21.6 Å². The molecule has 25 heavy (non-hydrogen) atoms. The van der Waals surface area contributed by atoms with Gasteiger partial charge in [-0.15, -0.1) is 0 Å². The highest BCUT2D eigenvalue weighted by Gasteiger charge is 2.21. The lowest BCUT2D eigenvalue weighted by atomic mass is 10.1. The average molecular weight is 364 g/mol. The molecule has 0 unspecified atom stereocenters. The number of anilines is 1. The highest BCUT2D eigenvalue weighted by Crippen LogP contribution is 2.21. The number of amides is 1. The van der Waals surface area contributed by atoms with E-state index in [2.05, 4.69) is 10.3 Å². The monoisotopic (exact) mass is 364 g/mol. The van der Waals surface area contributed by atoms with E-state index in [4.69, 9.17) is 0 Å². The highest BCUT2D eigenvalue weighted by atomic mass is 32.2. The maximum absolute atomic E-state index is 12.2. The molecule has 7 nitrogen and oxygen atoms in total. The number of imidazole rings is 1. The molecule has 2 rings (SSSR count). The minimum atomic E-state index is -3.55. The van der Waals surface area contributed by atoms with E-state index in [0.717, 1.165) is 34.7 Å². The molecule has 0 fully saturated rings. The van der Waals surface area contributed by atoms with Crippen LogP contribution in [-0.2, 0) is 21.4 Å². The topological polar surface area (TPSA) is 84.3 Å². The first-order valence-corrected chi connectivity index (χ1v) is 9.89. The molecule has 1 N–H and O–H groups in total. The molecule has 136 valence electrons. The quantitative estimate of drug-likeness (QED) is 0.719. The second-order valence-corrected chi connectivity index (χ2v) is 8.03. The first-order valence-electron chi connectivity index (χ1n) is 8.04. The minimum Gasteiger partial charge on any atom is -0.354 e. The molecule has 0 atom stereocenters. The number of aryl methyl sites for hydroxylation is 3. The van der Waals surface area contributed by atoms with Gasteiger partial charge in [-0.05, 0) is 43.5 Å². The van der Waals surface area contributed by atoms with Gasteiger partial charge in [-0.3, -0.25) is 9.10 Å². The fraction of sp³-hybridized carbons (Fsp3) is 0.412. The summed E-state index contributed by atoms with van der Waals surface area (Å²) in [6.45, 7) is 4.78. The third-order valence-corrected chi connectivity index (χ3v) is 4.80. The zero-order chi connectivity index (χ0) is 18.4. The van der Waals surface area contributed by atoms with Crippen molar-refractivity contribution in [2.24, 2.45) is 0 Å². The summed E-state index contributed by atoms with van der Waals surface area (Å²) in [5, 5.41) is 2.77. The van der Waals surface area contributed by atoms with Gasteiger partial charge in [0.2, 0.25) is 15.9 Å².